The average Bonchev–Trinajstić information content (AvgIpc) is 2.38. The smallest absolute Gasteiger partial charge is 0.143 e. The molecular weight excluding hydrogens is 218 g/mol. The zero-order valence-electron chi connectivity index (χ0n) is 10.7. The Bertz CT molecular complexity index is 240. The fraction of sp³-hybridized carbons (Fsp3) is 0.917. The molecule has 5 heteroatoms. The van der Waals surface area contributed by atoms with Crippen LogP contribution in [0.25, 0.3) is 0 Å². The summed E-state index contributed by atoms with van der Waals surface area (Å²) in [6.07, 6.45) is 6.25. The van der Waals surface area contributed by atoms with Crippen molar-refractivity contribution in [3.8, 4) is 0 Å². The average molecular weight is 243 g/mol. The Labute approximate surface area is 103 Å². The predicted octanol–water partition coefficient (Wildman–Crippen LogP) is 0.996. The van der Waals surface area contributed by atoms with Gasteiger partial charge in [-0.1, -0.05) is 31.3 Å². The normalized spacial score (nSPS) is 20.8. The van der Waals surface area contributed by atoms with Crippen molar-refractivity contribution in [2.45, 2.75) is 45.1 Å². The highest BCUT2D eigenvalue weighted by molar-refractivity contribution is 5.82. The molecule has 1 fully saturated rings. The highest BCUT2D eigenvalue weighted by Gasteiger charge is 2.23. The van der Waals surface area contributed by atoms with Crippen molar-refractivity contribution in [3.05, 3.63) is 0 Å². The van der Waals surface area contributed by atoms with Crippen molar-refractivity contribution in [2.24, 2.45) is 16.8 Å². The number of hydrogen-bond donors (Lipinski definition) is 3. The van der Waals surface area contributed by atoms with Gasteiger partial charge in [-0.2, -0.15) is 0 Å². The summed E-state index contributed by atoms with van der Waals surface area (Å²) >= 11 is 0. The maximum absolute atomic E-state index is 9.12. The maximum Gasteiger partial charge on any atom is 0.143 e. The fourth-order valence-corrected chi connectivity index (χ4v) is 2.54. The van der Waals surface area contributed by atoms with Crippen LogP contribution in [0.15, 0.2) is 5.16 Å². The molecule has 1 saturated carbocycles. The van der Waals surface area contributed by atoms with Gasteiger partial charge in [0.1, 0.15) is 5.84 Å². The molecule has 0 bridgehead atoms. The molecule has 0 aromatic rings. The van der Waals surface area contributed by atoms with Crippen LogP contribution in [0.3, 0.4) is 0 Å². The lowest BCUT2D eigenvalue weighted by molar-refractivity contribution is 0.117. The second kappa shape index (κ2) is 7.50. The van der Waals surface area contributed by atoms with E-state index in [0.717, 1.165) is 6.54 Å². The van der Waals surface area contributed by atoms with Crippen molar-refractivity contribution >= 4 is 5.84 Å². The second-order valence-electron chi connectivity index (χ2n) is 4.94. The summed E-state index contributed by atoms with van der Waals surface area (Å²) in [4.78, 5) is 2.28. The van der Waals surface area contributed by atoms with E-state index in [9.17, 15) is 0 Å². The van der Waals surface area contributed by atoms with Gasteiger partial charge in [-0.05, 0) is 12.8 Å². The van der Waals surface area contributed by atoms with Crippen molar-refractivity contribution in [3.63, 3.8) is 0 Å². The lowest BCUT2D eigenvalue weighted by Crippen LogP contribution is -2.43. The first-order chi connectivity index (χ1) is 8.19. The van der Waals surface area contributed by atoms with E-state index in [1.165, 1.54) is 32.1 Å². The first-order valence-electron chi connectivity index (χ1n) is 6.51. The summed E-state index contributed by atoms with van der Waals surface area (Å²) in [6, 6.07) is 0.546. The van der Waals surface area contributed by atoms with E-state index >= 15 is 0 Å². The van der Waals surface area contributed by atoms with Gasteiger partial charge in [-0.3, -0.25) is 4.90 Å². The van der Waals surface area contributed by atoms with Gasteiger partial charge < -0.3 is 16.0 Å². The van der Waals surface area contributed by atoms with Crippen LogP contribution in [0.2, 0.25) is 0 Å². The number of nitrogens with two attached hydrogens (primary N) is 1. The van der Waals surface area contributed by atoms with E-state index < -0.39 is 0 Å². The number of amidine groups is 1. The highest BCUT2D eigenvalue weighted by atomic mass is 16.4. The first-order valence-corrected chi connectivity index (χ1v) is 6.51. The molecule has 0 aromatic heterocycles. The lowest BCUT2D eigenvalue weighted by atomic mass is 9.93. The molecule has 4 N–H and O–H groups in total. The number of aliphatic hydroxyl groups excluding tert-OH is 1. The van der Waals surface area contributed by atoms with Crippen molar-refractivity contribution < 1.29 is 10.3 Å². The quantitative estimate of drug-likeness (QED) is 0.281. The standard InChI is InChI=1S/C12H25N3O2/c1-10(12(13)14-17)9-15(7-8-16)11-5-3-2-4-6-11/h10-11,16-17H,2-9H2,1H3,(H2,13,14). The summed E-state index contributed by atoms with van der Waals surface area (Å²) in [7, 11) is 0. The minimum atomic E-state index is 0.0217. The molecule has 0 saturated heterocycles. The monoisotopic (exact) mass is 243 g/mol. The molecule has 1 unspecified atom stereocenters. The van der Waals surface area contributed by atoms with Gasteiger partial charge in [0.05, 0.1) is 6.61 Å². The third-order valence-electron chi connectivity index (χ3n) is 3.61. The zero-order chi connectivity index (χ0) is 12.7. The number of hydrogen-bond acceptors (Lipinski definition) is 4. The van der Waals surface area contributed by atoms with Crippen LogP contribution in [-0.2, 0) is 0 Å². The van der Waals surface area contributed by atoms with Crippen molar-refractivity contribution in [2.75, 3.05) is 19.7 Å². The number of oxime groups is 1. The fourth-order valence-electron chi connectivity index (χ4n) is 2.54. The Morgan fingerprint density at radius 2 is 2.06 bits per heavy atom. The first kappa shape index (κ1) is 14.3. The van der Waals surface area contributed by atoms with E-state index in [1.807, 2.05) is 6.92 Å². The number of aliphatic hydroxyl groups is 1. The molecule has 1 aliphatic carbocycles. The topological polar surface area (TPSA) is 82.1 Å². The molecule has 0 aromatic carbocycles. The van der Waals surface area contributed by atoms with Gasteiger partial charge in [0.2, 0.25) is 0 Å². The molecule has 0 amide bonds. The van der Waals surface area contributed by atoms with E-state index in [0.29, 0.717) is 12.6 Å². The molecular formula is C12H25N3O2. The van der Waals surface area contributed by atoms with E-state index in [1.54, 1.807) is 0 Å². The van der Waals surface area contributed by atoms with Crippen LogP contribution in [0.1, 0.15) is 39.0 Å². The molecule has 1 aliphatic rings. The predicted molar refractivity (Wildman–Crippen MR) is 68.1 cm³/mol. The van der Waals surface area contributed by atoms with E-state index in [-0.39, 0.29) is 18.4 Å². The Morgan fingerprint density at radius 3 is 2.59 bits per heavy atom. The van der Waals surface area contributed by atoms with E-state index in [4.69, 9.17) is 16.0 Å². The molecule has 0 spiro atoms. The third-order valence-corrected chi connectivity index (χ3v) is 3.61. The summed E-state index contributed by atoms with van der Waals surface area (Å²) in [5, 5.41) is 20.8. The van der Waals surface area contributed by atoms with Crippen LogP contribution >= 0.6 is 0 Å². The molecule has 17 heavy (non-hydrogen) atoms. The second-order valence-corrected chi connectivity index (χ2v) is 4.94. The van der Waals surface area contributed by atoms with Gasteiger partial charge in [-0.15, -0.1) is 0 Å². The number of nitrogens with zero attached hydrogens (tertiary/aromatic N) is 2. The molecule has 1 rings (SSSR count). The maximum atomic E-state index is 9.12. The lowest BCUT2D eigenvalue weighted by Gasteiger charge is -2.35. The van der Waals surface area contributed by atoms with Crippen LogP contribution < -0.4 is 5.73 Å². The summed E-state index contributed by atoms with van der Waals surface area (Å²) in [5.41, 5.74) is 5.60. The molecule has 1 atom stereocenters. The van der Waals surface area contributed by atoms with Crippen LogP contribution in [0.5, 0.6) is 0 Å². The Balaban J connectivity index is 2.52. The van der Waals surface area contributed by atoms with Gasteiger partial charge in [0.15, 0.2) is 0 Å². The van der Waals surface area contributed by atoms with Gasteiger partial charge >= 0.3 is 0 Å². The van der Waals surface area contributed by atoms with Crippen LogP contribution in [0, 0.1) is 5.92 Å². The molecule has 5 nitrogen and oxygen atoms in total. The minimum absolute atomic E-state index is 0.0217. The summed E-state index contributed by atoms with van der Waals surface area (Å²) in [6.45, 7) is 3.54. The zero-order valence-corrected chi connectivity index (χ0v) is 10.7. The Kier molecular flexibility index (Phi) is 6.29. The van der Waals surface area contributed by atoms with Crippen molar-refractivity contribution in [1.82, 2.24) is 4.90 Å². The van der Waals surface area contributed by atoms with Crippen molar-refractivity contribution in [1.29, 1.82) is 0 Å². The number of rotatable bonds is 6. The summed E-state index contributed by atoms with van der Waals surface area (Å²) < 4.78 is 0. The molecule has 0 radical (unpaired) electrons. The van der Waals surface area contributed by atoms with Gasteiger partial charge in [-0.25, -0.2) is 0 Å². The molecule has 100 valence electrons. The molecule has 0 aliphatic heterocycles. The largest absolute Gasteiger partial charge is 0.409 e. The minimum Gasteiger partial charge on any atom is -0.409 e. The Morgan fingerprint density at radius 1 is 1.41 bits per heavy atom. The van der Waals surface area contributed by atoms with Crippen LogP contribution in [-0.4, -0.2) is 46.8 Å². The van der Waals surface area contributed by atoms with Crippen LogP contribution in [0.4, 0.5) is 0 Å². The van der Waals surface area contributed by atoms with Gasteiger partial charge in [0.25, 0.3) is 0 Å². The van der Waals surface area contributed by atoms with Gasteiger partial charge in [0, 0.05) is 25.0 Å². The highest BCUT2D eigenvalue weighted by Crippen LogP contribution is 2.23. The summed E-state index contributed by atoms with van der Waals surface area (Å²) in [5.74, 6) is 0.289. The third kappa shape index (κ3) is 4.52. The molecule has 0 heterocycles. The SMILES string of the molecule is CC(CN(CCO)C1CCCCC1)C(N)=NO. The van der Waals surface area contributed by atoms with E-state index in [2.05, 4.69) is 10.1 Å². The Hall–Kier alpha value is -0.810.